The standard InChI is InChI=1S/C26H41NO3/c1-24-11-3-4-12-26(24,29)22-6-5-19-17-20(7-14-25(19,2)21(22)8-13-24)30-23(28)18-9-15-27-16-10-18/h17-18,20-22,27,29H,3-16H2,1-2H3. The number of nitrogens with one attached hydrogen (secondary N) is 1. The van der Waals surface area contributed by atoms with E-state index in [0.717, 1.165) is 58.0 Å². The highest BCUT2D eigenvalue weighted by Gasteiger charge is 2.62. The second-order valence-corrected chi connectivity index (χ2v) is 11.6. The molecule has 1 heterocycles. The van der Waals surface area contributed by atoms with Gasteiger partial charge in [-0.25, -0.2) is 0 Å². The van der Waals surface area contributed by atoms with Gasteiger partial charge in [0.05, 0.1) is 11.5 Å². The van der Waals surface area contributed by atoms with Crippen molar-refractivity contribution in [1.82, 2.24) is 5.32 Å². The Morgan fingerprint density at radius 1 is 1.00 bits per heavy atom. The molecular formula is C26H41NO3. The van der Waals surface area contributed by atoms with E-state index in [9.17, 15) is 9.90 Å². The lowest BCUT2D eigenvalue weighted by Gasteiger charge is -2.64. The van der Waals surface area contributed by atoms with Crippen LogP contribution in [-0.2, 0) is 9.53 Å². The van der Waals surface area contributed by atoms with Crippen LogP contribution in [0.1, 0.15) is 90.9 Å². The average Bonchev–Trinajstić information content (AvgIpc) is 2.75. The second-order valence-electron chi connectivity index (χ2n) is 11.6. The molecular weight excluding hydrogens is 374 g/mol. The molecule has 30 heavy (non-hydrogen) atoms. The predicted octanol–water partition coefficient (Wildman–Crippen LogP) is 4.76. The van der Waals surface area contributed by atoms with Crippen LogP contribution < -0.4 is 5.32 Å². The number of esters is 1. The molecule has 6 atom stereocenters. The summed E-state index contributed by atoms with van der Waals surface area (Å²) in [6.45, 7) is 6.67. The molecule has 1 saturated heterocycles. The van der Waals surface area contributed by atoms with E-state index >= 15 is 0 Å². The van der Waals surface area contributed by atoms with Gasteiger partial charge in [-0.2, -0.15) is 0 Å². The first-order valence-corrected chi connectivity index (χ1v) is 12.7. The van der Waals surface area contributed by atoms with Crippen molar-refractivity contribution in [2.24, 2.45) is 28.6 Å². The van der Waals surface area contributed by atoms with Crippen LogP contribution in [0, 0.1) is 28.6 Å². The van der Waals surface area contributed by atoms with Crippen LogP contribution >= 0.6 is 0 Å². The summed E-state index contributed by atoms with van der Waals surface area (Å²) in [6, 6.07) is 0. The number of aliphatic hydroxyl groups is 1. The monoisotopic (exact) mass is 415 g/mol. The molecule has 0 spiro atoms. The normalized spacial score (nSPS) is 46.8. The topological polar surface area (TPSA) is 58.6 Å². The van der Waals surface area contributed by atoms with Gasteiger partial charge in [0.1, 0.15) is 6.10 Å². The molecule has 2 N–H and O–H groups in total. The number of rotatable bonds is 2. The van der Waals surface area contributed by atoms with E-state index in [1.54, 1.807) is 0 Å². The number of allylic oxidation sites excluding steroid dienone is 1. The average molecular weight is 416 g/mol. The Balaban J connectivity index is 1.33. The van der Waals surface area contributed by atoms with Crippen molar-refractivity contribution >= 4 is 5.97 Å². The minimum absolute atomic E-state index is 0.0144. The van der Waals surface area contributed by atoms with Crippen molar-refractivity contribution in [1.29, 1.82) is 0 Å². The highest BCUT2D eigenvalue weighted by Crippen LogP contribution is 2.66. The number of carbonyl (C=O) groups is 1. The molecule has 0 aromatic heterocycles. The Labute approximate surface area is 182 Å². The highest BCUT2D eigenvalue weighted by molar-refractivity contribution is 5.73. The molecule has 0 aromatic rings. The summed E-state index contributed by atoms with van der Waals surface area (Å²) >= 11 is 0. The Kier molecular flexibility index (Phi) is 5.33. The number of piperidine rings is 1. The van der Waals surface area contributed by atoms with E-state index in [1.165, 1.54) is 37.7 Å². The molecule has 4 nitrogen and oxygen atoms in total. The number of fused-ring (bicyclic) bond motifs is 5. The molecule has 5 rings (SSSR count). The van der Waals surface area contributed by atoms with Crippen LogP contribution in [0.2, 0.25) is 0 Å². The van der Waals surface area contributed by atoms with E-state index in [-0.39, 0.29) is 28.8 Å². The fourth-order valence-electron chi connectivity index (χ4n) is 8.21. The zero-order valence-electron chi connectivity index (χ0n) is 19.0. The quantitative estimate of drug-likeness (QED) is 0.504. The zero-order chi connectivity index (χ0) is 21.0. The van der Waals surface area contributed by atoms with Crippen molar-refractivity contribution in [2.75, 3.05) is 13.1 Å². The lowest BCUT2D eigenvalue weighted by molar-refractivity contribution is -0.208. The molecule has 4 heteroatoms. The summed E-state index contributed by atoms with van der Waals surface area (Å²) in [7, 11) is 0. The van der Waals surface area contributed by atoms with Gasteiger partial charge in [-0.15, -0.1) is 0 Å². The van der Waals surface area contributed by atoms with Crippen LogP contribution in [-0.4, -0.2) is 35.9 Å². The van der Waals surface area contributed by atoms with Gasteiger partial charge in [0.15, 0.2) is 0 Å². The SMILES string of the molecule is CC12CCC(OC(=O)C3CCNCC3)C=C1CCC1C2CCC2(C)CCCCC12O. The van der Waals surface area contributed by atoms with Crippen molar-refractivity contribution < 1.29 is 14.6 Å². The predicted molar refractivity (Wildman–Crippen MR) is 118 cm³/mol. The van der Waals surface area contributed by atoms with E-state index in [0.29, 0.717) is 11.8 Å². The number of hydrogen-bond acceptors (Lipinski definition) is 4. The second kappa shape index (κ2) is 7.62. The van der Waals surface area contributed by atoms with Crippen LogP contribution in [0.3, 0.4) is 0 Å². The highest BCUT2D eigenvalue weighted by atomic mass is 16.5. The molecule has 6 unspecified atom stereocenters. The van der Waals surface area contributed by atoms with Gasteiger partial charge in [-0.1, -0.05) is 32.3 Å². The largest absolute Gasteiger partial charge is 0.458 e. The fraction of sp³-hybridized carbons (Fsp3) is 0.885. The van der Waals surface area contributed by atoms with Gasteiger partial charge in [0.25, 0.3) is 0 Å². The number of ether oxygens (including phenoxy) is 1. The van der Waals surface area contributed by atoms with E-state index in [1.807, 2.05) is 0 Å². The third-order valence-electron chi connectivity index (χ3n) is 10.2. The number of carbonyl (C=O) groups excluding carboxylic acids is 1. The molecule has 1 aliphatic heterocycles. The number of hydrogen-bond donors (Lipinski definition) is 2. The summed E-state index contributed by atoms with van der Waals surface area (Å²) < 4.78 is 5.99. The van der Waals surface area contributed by atoms with Crippen molar-refractivity contribution in [3.63, 3.8) is 0 Å². The summed E-state index contributed by atoms with van der Waals surface area (Å²) in [6.07, 6.45) is 15.4. The van der Waals surface area contributed by atoms with Crippen LogP contribution in [0.15, 0.2) is 11.6 Å². The Morgan fingerprint density at radius 2 is 1.77 bits per heavy atom. The maximum atomic E-state index is 12.7. The molecule has 168 valence electrons. The lowest BCUT2D eigenvalue weighted by atomic mass is 9.43. The third kappa shape index (κ3) is 3.20. The molecule has 0 amide bonds. The van der Waals surface area contributed by atoms with Gasteiger partial charge < -0.3 is 15.2 Å². The van der Waals surface area contributed by atoms with Crippen molar-refractivity contribution in [3.05, 3.63) is 11.6 Å². The molecule has 3 saturated carbocycles. The zero-order valence-corrected chi connectivity index (χ0v) is 19.0. The smallest absolute Gasteiger partial charge is 0.309 e. The van der Waals surface area contributed by atoms with Gasteiger partial charge >= 0.3 is 5.97 Å². The van der Waals surface area contributed by atoms with E-state index in [2.05, 4.69) is 25.2 Å². The van der Waals surface area contributed by atoms with Gasteiger partial charge in [-0.3, -0.25) is 4.79 Å². The minimum atomic E-state index is -0.471. The van der Waals surface area contributed by atoms with Gasteiger partial charge in [0.2, 0.25) is 0 Å². The molecule has 4 aliphatic carbocycles. The van der Waals surface area contributed by atoms with Crippen LogP contribution in [0.25, 0.3) is 0 Å². The summed E-state index contributed by atoms with van der Waals surface area (Å²) in [5.41, 5.74) is 1.34. The molecule has 4 fully saturated rings. The Hall–Kier alpha value is -0.870. The third-order valence-corrected chi connectivity index (χ3v) is 10.2. The minimum Gasteiger partial charge on any atom is -0.458 e. The van der Waals surface area contributed by atoms with Gasteiger partial charge in [0, 0.05) is 0 Å². The maximum absolute atomic E-state index is 12.7. The van der Waals surface area contributed by atoms with E-state index < -0.39 is 5.60 Å². The summed E-state index contributed by atoms with van der Waals surface area (Å²) in [5, 5.41) is 15.3. The van der Waals surface area contributed by atoms with E-state index in [4.69, 9.17) is 4.74 Å². The Morgan fingerprint density at radius 3 is 2.57 bits per heavy atom. The summed E-state index contributed by atoms with van der Waals surface area (Å²) in [5.74, 6) is 1.10. The maximum Gasteiger partial charge on any atom is 0.309 e. The molecule has 0 radical (unpaired) electrons. The molecule has 0 bridgehead atoms. The first-order chi connectivity index (χ1) is 14.4. The first-order valence-electron chi connectivity index (χ1n) is 12.7. The lowest BCUT2D eigenvalue weighted by Crippen LogP contribution is -2.62. The Bertz CT molecular complexity index is 713. The molecule has 0 aromatic carbocycles. The fourth-order valence-corrected chi connectivity index (χ4v) is 8.21. The first kappa shape index (κ1) is 21.0. The van der Waals surface area contributed by atoms with Crippen molar-refractivity contribution in [3.8, 4) is 0 Å². The van der Waals surface area contributed by atoms with Crippen molar-refractivity contribution in [2.45, 2.75) is 103 Å². The van der Waals surface area contributed by atoms with Crippen LogP contribution in [0.5, 0.6) is 0 Å². The summed E-state index contributed by atoms with van der Waals surface area (Å²) in [4.78, 5) is 12.7. The molecule has 5 aliphatic rings. The van der Waals surface area contributed by atoms with Gasteiger partial charge in [-0.05, 0) is 106 Å². The van der Waals surface area contributed by atoms with Crippen LogP contribution in [0.4, 0.5) is 0 Å².